The van der Waals surface area contributed by atoms with Gasteiger partial charge in [0.15, 0.2) is 10.8 Å². The number of aliphatic hydroxyl groups excluding tert-OH is 2. The van der Waals surface area contributed by atoms with E-state index < -0.39 is 6.04 Å². The lowest BCUT2D eigenvalue weighted by atomic mass is 10.3. The lowest BCUT2D eigenvalue weighted by Gasteiger charge is -2.12. The third-order valence-corrected chi connectivity index (χ3v) is 2.41. The van der Waals surface area contributed by atoms with Gasteiger partial charge in [-0.05, 0) is 0 Å². The third kappa shape index (κ3) is 1.67. The average molecular weight is 229 g/mol. The standard InChI is InChI=1S/C8H9ClN4O2/c9-7-6-8(11-3-10-7)13(4-12-6)5(1-14)2-15/h3-5,14-15H,1-2H2. The van der Waals surface area contributed by atoms with Gasteiger partial charge in [-0.3, -0.25) is 0 Å². The summed E-state index contributed by atoms with van der Waals surface area (Å²) in [5.41, 5.74) is 0.967. The van der Waals surface area contributed by atoms with Gasteiger partial charge in [0.1, 0.15) is 11.8 Å². The molecule has 0 amide bonds. The highest BCUT2D eigenvalue weighted by Crippen LogP contribution is 2.19. The molecule has 0 unspecified atom stereocenters. The first-order valence-electron chi connectivity index (χ1n) is 4.32. The van der Waals surface area contributed by atoms with Crippen LogP contribution in [0.2, 0.25) is 5.15 Å². The number of rotatable bonds is 3. The first kappa shape index (κ1) is 10.3. The molecule has 7 heteroatoms. The van der Waals surface area contributed by atoms with Gasteiger partial charge in [0.2, 0.25) is 0 Å². The first-order chi connectivity index (χ1) is 7.27. The molecule has 6 nitrogen and oxygen atoms in total. The molecule has 0 saturated heterocycles. The Bertz CT molecular complexity index is 469. The van der Waals surface area contributed by atoms with Crippen molar-refractivity contribution < 1.29 is 10.2 Å². The summed E-state index contributed by atoms with van der Waals surface area (Å²) in [7, 11) is 0. The quantitative estimate of drug-likeness (QED) is 0.723. The van der Waals surface area contributed by atoms with Crippen LogP contribution in [0, 0.1) is 0 Å². The van der Waals surface area contributed by atoms with E-state index in [1.165, 1.54) is 12.7 Å². The van der Waals surface area contributed by atoms with Gasteiger partial charge in [0, 0.05) is 0 Å². The molecule has 80 valence electrons. The second-order valence-electron chi connectivity index (χ2n) is 3.01. The Morgan fingerprint density at radius 3 is 2.67 bits per heavy atom. The molecule has 0 aliphatic heterocycles. The maximum atomic E-state index is 9.04. The Balaban J connectivity index is 2.58. The molecule has 0 atom stereocenters. The fourth-order valence-electron chi connectivity index (χ4n) is 1.32. The fourth-order valence-corrected chi connectivity index (χ4v) is 1.50. The van der Waals surface area contributed by atoms with E-state index >= 15 is 0 Å². The number of imidazole rings is 1. The maximum absolute atomic E-state index is 9.04. The van der Waals surface area contributed by atoms with Crippen LogP contribution in [0.5, 0.6) is 0 Å². The van der Waals surface area contributed by atoms with E-state index in [1.54, 1.807) is 4.57 Å². The van der Waals surface area contributed by atoms with Crippen molar-refractivity contribution in [2.75, 3.05) is 13.2 Å². The maximum Gasteiger partial charge on any atom is 0.165 e. The van der Waals surface area contributed by atoms with Crippen LogP contribution in [-0.4, -0.2) is 42.9 Å². The number of aliphatic hydroxyl groups is 2. The van der Waals surface area contributed by atoms with Crippen LogP contribution in [0.1, 0.15) is 6.04 Å². The van der Waals surface area contributed by atoms with Gasteiger partial charge >= 0.3 is 0 Å². The van der Waals surface area contributed by atoms with Crippen LogP contribution >= 0.6 is 11.6 Å². The second kappa shape index (κ2) is 4.09. The summed E-state index contributed by atoms with van der Waals surface area (Å²) in [4.78, 5) is 11.8. The van der Waals surface area contributed by atoms with Crippen molar-refractivity contribution in [2.45, 2.75) is 6.04 Å². The summed E-state index contributed by atoms with van der Waals surface area (Å²) in [5, 5.41) is 18.3. The first-order valence-corrected chi connectivity index (χ1v) is 4.70. The Morgan fingerprint density at radius 2 is 2.00 bits per heavy atom. The van der Waals surface area contributed by atoms with E-state index in [9.17, 15) is 0 Å². The zero-order valence-corrected chi connectivity index (χ0v) is 8.46. The fraction of sp³-hybridized carbons (Fsp3) is 0.375. The molecule has 15 heavy (non-hydrogen) atoms. The van der Waals surface area contributed by atoms with E-state index in [-0.39, 0.29) is 18.4 Å². The molecular weight excluding hydrogens is 220 g/mol. The van der Waals surface area contributed by atoms with Crippen LogP contribution in [0.4, 0.5) is 0 Å². The molecule has 2 rings (SSSR count). The molecule has 0 aromatic carbocycles. The van der Waals surface area contributed by atoms with Crippen molar-refractivity contribution in [3.8, 4) is 0 Å². The highest BCUT2D eigenvalue weighted by molar-refractivity contribution is 6.33. The number of nitrogens with zero attached hydrogens (tertiary/aromatic N) is 4. The summed E-state index contributed by atoms with van der Waals surface area (Å²) >= 11 is 5.81. The predicted octanol–water partition coefficient (Wildman–Crippen LogP) is 0.00540. The zero-order chi connectivity index (χ0) is 10.8. The second-order valence-corrected chi connectivity index (χ2v) is 3.37. The number of halogens is 1. The van der Waals surface area contributed by atoms with Crippen molar-refractivity contribution in [2.24, 2.45) is 0 Å². The largest absolute Gasteiger partial charge is 0.394 e. The van der Waals surface area contributed by atoms with Crippen molar-refractivity contribution in [1.82, 2.24) is 19.5 Å². The van der Waals surface area contributed by atoms with Crippen molar-refractivity contribution in [3.63, 3.8) is 0 Å². The Hall–Kier alpha value is -1.24. The molecule has 0 aliphatic carbocycles. The van der Waals surface area contributed by atoms with E-state index in [2.05, 4.69) is 15.0 Å². The number of fused-ring (bicyclic) bond motifs is 1. The molecule has 0 radical (unpaired) electrons. The topological polar surface area (TPSA) is 84.1 Å². The molecular formula is C8H9ClN4O2. The van der Waals surface area contributed by atoms with Gasteiger partial charge in [-0.1, -0.05) is 11.6 Å². The Morgan fingerprint density at radius 1 is 1.27 bits per heavy atom. The summed E-state index contributed by atoms with van der Waals surface area (Å²) in [6.07, 6.45) is 2.79. The van der Waals surface area contributed by atoms with E-state index in [1.807, 2.05) is 0 Å². The third-order valence-electron chi connectivity index (χ3n) is 2.13. The molecule has 0 fully saturated rings. The summed E-state index contributed by atoms with van der Waals surface area (Å²) in [6.45, 7) is -0.382. The zero-order valence-electron chi connectivity index (χ0n) is 7.71. The highest BCUT2D eigenvalue weighted by Gasteiger charge is 2.14. The summed E-state index contributed by atoms with van der Waals surface area (Å²) in [6, 6.07) is -0.457. The molecule has 2 N–H and O–H groups in total. The lowest BCUT2D eigenvalue weighted by molar-refractivity contribution is 0.156. The number of aromatic nitrogens is 4. The van der Waals surface area contributed by atoms with Crippen LogP contribution in [0.15, 0.2) is 12.7 Å². The summed E-state index contributed by atoms with van der Waals surface area (Å²) in [5.74, 6) is 0. The minimum Gasteiger partial charge on any atom is -0.394 e. The van der Waals surface area contributed by atoms with Crippen molar-refractivity contribution >= 4 is 22.8 Å². The van der Waals surface area contributed by atoms with Gasteiger partial charge in [0.25, 0.3) is 0 Å². The normalized spacial score (nSPS) is 11.5. The molecule has 2 aromatic rings. The lowest BCUT2D eigenvalue weighted by Crippen LogP contribution is -2.16. The smallest absolute Gasteiger partial charge is 0.165 e. The van der Waals surface area contributed by atoms with E-state index in [0.29, 0.717) is 11.2 Å². The minimum absolute atomic E-state index is 0.191. The van der Waals surface area contributed by atoms with Crippen LogP contribution < -0.4 is 0 Å². The van der Waals surface area contributed by atoms with Crippen LogP contribution in [0.25, 0.3) is 11.2 Å². The van der Waals surface area contributed by atoms with Gasteiger partial charge in [0.05, 0.1) is 25.6 Å². The van der Waals surface area contributed by atoms with Crippen LogP contribution in [0.3, 0.4) is 0 Å². The molecule has 0 bridgehead atoms. The van der Waals surface area contributed by atoms with Crippen molar-refractivity contribution in [3.05, 3.63) is 17.8 Å². The SMILES string of the molecule is OCC(CO)n1cnc2c(Cl)ncnc21. The Labute approximate surface area is 90.2 Å². The molecule has 0 spiro atoms. The number of hydrogen-bond acceptors (Lipinski definition) is 5. The monoisotopic (exact) mass is 228 g/mol. The van der Waals surface area contributed by atoms with Crippen molar-refractivity contribution in [1.29, 1.82) is 0 Å². The van der Waals surface area contributed by atoms with E-state index in [4.69, 9.17) is 21.8 Å². The van der Waals surface area contributed by atoms with Gasteiger partial charge in [-0.25, -0.2) is 15.0 Å². The average Bonchev–Trinajstić information content (AvgIpc) is 2.66. The van der Waals surface area contributed by atoms with Gasteiger partial charge in [-0.2, -0.15) is 0 Å². The highest BCUT2D eigenvalue weighted by atomic mass is 35.5. The molecule has 0 aliphatic rings. The van der Waals surface area contributed by atoms with Gasteiger partial charge in [-0.15, -0.1) is 0 Å². The Kier molecular flexibility index (Phi) is 2.81. The molecule has 2 aromatic heterocycles. The van der Waals surface area contributed by atoms with Crippen LogP contribution in [-0.2, 0) is 0 Å². The summed E-state index contributed by atoms with van der Waals surface area (Å²) < 4.78 is 1.57. The predicted molar refractivity (Wildman–Crippen MR) is 53.5 cm³/mol. The van der Waals surface area contributed by atoms with Gasteiger partial charge < -0.3 is 14.8 Å². The van der Waals surface area contributed by atoms with E-state index in [0.717, 1.165) is 0 Å². The molecule has 2 heterocycles. The molecule has 0 saturated carbocycles. The minimum atomic E-state index is -0.457. The number of hydrogen-bond donors (Lipinski definition) is 2.